The van der Waals surface area contributed by atoms with E-state index < -0.39 is 0 Å². The molecule has 1 aliphatic rings. The van der Waals surface area contributed by atoms with Gasteiger partial charge in [0.1, 0.15) is 5.75 Å². The number of benzene rings is 1. The Hall–Kier alpha value is -1.10. The van der Waals surface area contributed by atoms with Crippen molar-refractivity contribution in [2.24, 2.45) is 5.73 Å². The summed E-state index contributed by atoms with van der Waals surface area (Å²) in [7, 11) is 0. The van der Waals surface area contributed by atoms with Crippen molar-refractivity contribution in [2.45, 2.75) is 38.8 Å². The fourth-order valence-electron chi connectivity index (χ4n) is 2.92. The quantitative estimate of drug-likeness (QED) is 0.839. The average molecular weight is 292 g/mol. The summed E-state index contributed by atoms with van der Waals surface area (Å²) in [6.45, 7) is 8.24. The van der Waals surface area contributed by atoms with Gasteiger partial charge in [-0.25, -0.2) is 0 Å². The Labute approximate surface area is 128 Å². The standard InChI is InChI=1S/C17H28N2O2/c1-3-9-21-16-7-5-6-14(11-16)17(12-18)19-8-10-20-13-15(19)4-2/h5-7,11,15,17H,3-4,8-10,12-13,18H2,1-2H3. The van der Waals surface area contributed by atoms with Crippen LogP contribution in [-0.2, 0) is 4.74 Å². The summed E-state index contributed by atoms with van der Waals surface area (Å²) in [6, 6.07) is 9.05. The van der Waals surface area contributed by atoms with Gasteiger partial charge in [-0.05, 0) is 30.5 Å². The maximum Gasteiger partial charge on any atom is 0.119 e. The molecule has 1 aromatic rings. The third kappa shape index (κ3) is 4.19. The minimum atomic E-state index is 0.240. The van der Waals surface area contributed by atoms with Crippen LogP contribution in [0.15, 0.2) is 24.3 Å². The van der Waals surface area contributed by atoms with Crippen LogP contribution in [-0.4, -0.2) is 43.9 Å². The molecule has 1 fully saturated rings. The van der Waals surface area contributed by atoms with Gasteiger partial charge in [-0.1, -0.05) is 26.0 Å². The molecule has 118 valence electrons. The molecule has 2 unspecified atom stereocenters. The van der Waals surface area contributed by atoms with Crippen LogP contribution in [0.1, 0.15) is 38.3 Å². The van der Waals surface area contributed by atoms with Crippen molar-refractivity contribution in [1.82, 2.24) is 4.90 Å². The molecule has 1 heterocycles. The molecule has 0 radical (unpaired) electrons. The van der Waals surface area contributed by atoms with E-state index in [2.05, 4.69) is 36.9 Å². The molecule has 0 saturated carbocycles. The zero-order chi connectivity index (χ0) is 15.1. The van der Waals surface area contributed by atoms with E-state index in [0.717, 1.165) is 45.0 Å². The molecule has 4 nitrogen and oxygen atoms in total. The molecule has 1 aromatic carbocycles. The molecule has 1 aliphatic heterocycles. The van der Waals surface area contributed by atoms with E-state index in [9.17, 15) is 0 Å². The smallest absolute Gasteiger partial charge is 0.119 e. The molecule has 0 amide bonds. The molecule has 0 bridgehead atoms. The molecular formula is C17H28N2O2. The van der Waals surface area contributed by atoms with Crippen LogP contribution >= 0.6 is 0 Å². The fourth-order valence-corrected chi connectivity index (χ4v) is 2.92. The van der Waals surface area contributed by atoms with Crippen molar-refractivity contribution < 1.29 is 9.47 Å². The van der Waals surface area contributed by atoms with Crippen LogP contribution in [0.25, 0.3) is 0 Å². The highest BCUT2D eigenvalue weighted by Gasteiger charge is 2.28. The molecule has 4 heteroatoms. The van der Waals surface area contributed by atoms with Gasteiger partial charge < -0.3 is 15.2 Å². The van der Waals surface area contributed by atoms with Gasteiger partial charge in [0.05, 0.1) is 19.8 Å². The van der Waals surface area contributed by atoms with Crippen molar-refractivity contribution in [3.8, 4) is 5.75 Å². The maximum absolute atomic E-state index is 6.08. The maximum atomic E-state index is 6.08. The molecule has 2 rings (SSSR count). The summed E-state index contributed by atoms with van der Waals surface area (Å²) in [4.78, 5) is 2.49. The predicted molar refractivity (Wildman–Crippen MR) is 85.6 cm³/mol. The first-order valence-corrected chi connectivity index (χ1v) is 8.06. The summed E-state index contributed by atoms with van der Waals surface area (Å²) in [6.07, 6.45) is 2.11. The highest BCUT2D eigenvalue weighted by atomic mass is 16.5. The lowest BCUT2D eigenvalue weighted by Crippen LogP contribution is -2.48. The minimum absolute atomic E-state index is 0.240. The van der Waals surface area contributed by atoms with Gasteiger partial charge in [-0.3, -0.25) is 4.90 Å². The van der Waals surface area contributed by atoms with E-state index in [-0.39, 0.29) is 6.04 Å². The molecule has 1 saturated heterocycles. The van der Waals surface area contributed by atoms with Gasteiger partial charge in [0.2, 0.25) is 0 Å². The van der Waals surface area contributed by atoms with Crippen molar-refractivity contribution >= 4 is 0 Å². The van der Waals surface area contributed by atoms with E-state index in [1.54, 1.807) is 0 Å². The Morgan fingerprint density at radius 3 is 3.00 bits per heavy atom. The lowest BCUT2D eigenvalue weighted by atomic mass is 10.0. The van der Waals surface area contributed by atoms with Crippen molar-refractivity contribution in [2.75, 3.05) is 32.9 Å². The van der Waals surface area contributed by atoms with Gasteiger partial charge in [0.15, 0.2) is 0 Å². The first-order valence-electron chi connectivity index (χ1n) is 8.06. The average Bonchev–Trinajstić information content (AvgIpc) is 2.54. The summed E-state index contributed by atoms with van der Waals surface area (Å²) in [5.41, 5.74) is 7.32. The number of morpholine rings is 1. The normalized spacial score (nSPS) is 21.2. The minimum Gasteiger partial charge on any atom is -0.494 e. The number of rotatable bonds is 7. The van der Waals surface area contributed by atoms with Gasteiger partial charge in [-0.15, -0.1) is 0 Å². The second kappa shape index (κ2) is 8.37. The Kier molecular flexibility index (Phi) is 6.49. The van der Waals surface area contributed by atoms with E-state index in [1.165, 1.54) is 5.56 Å². The monoisotopic (exact) mass is 292 g/mol. The Balaban J connectivity index is 2.15. The second-order valence-corrected chi connectivity index (χ2v) is 5.55. The number of hydrogen-bond donors (Lipinski definition) is 1. The highest BCUT2D eigenvalue weighted by molar-refractivity contribution is 5.31. The van der Waals surface area contributed by atoms with Crippen molar-refractivity contribution in [1.29, 1.82) is 0 Å². The van der Waals surface area contributed by atoms with E-state index in [4.69, 9.17) is 15.2 Å². The Morgan fingerprint density at radius 1 is 1.43 bits per heavy atom. The molecule has 0 aromatic heterocycles. The topological polar surface area (TPSA) is 47.7 Å². The molecule has 0 aliphatic carbocycles. The van der Waals surface area contributed by atoms with E-state index in [1.807, 2.05) is 6.07 Å². The fraction of sp³-hybridized carbons (Fsp3) is 0.647. The van der Waals surface area contributed by atoms with Gasteiger partial charge in [0.25, 0.3) is 0 Å². The lowest BCUT2D eigenvalue weighted by Gasteiger charge is -2.40. The third-order valence-electron chi connectivity index (χ3n) is 4.08. The Bertz CT molecular complexity index is 425. The molecule has 2 N–H and O–H groups in total. The van der Waals surface area contributed by atoms with Crippen LogP contribution in [0.3, 0.4) is 0 Å². The highest BCUT2D eigenvalue weighted by Crippen LogP contribution is 2.27. The number of ether oxygens (including phenoxy) is 2. The Morgan fingerprint density at radius 2 is 2.29 bits per heavy atom. The first-order chi connectivity index (χ1) is 10.3. The summed E-state index contributed by atoms with van der Waals surface area (Å²) in [5.74, 6) is 0.939. The number of nitrogens with zero attached hydrogens (tertiary/aromatic N) is 1. The SMILES string of the molecule is CCCOc1cccc(C(CN)N2CCOCC2CC)c1. The summed E-state index contributed by atoms with van der Waals surface area (Å²) >= 11 is 0. The van der Waals surface area contributed by atoms with Crippen molar-refractivity contribution in [3.05, 3.63) is 29.8 Å². The number of hydrogen-bond acceptors (Lipinski definition) is 4. The molecule has 21 heavy (non-hydrogen) atoms. The third-order valence-corrected chi connectivity index (χ3v) is 4.08. The molecule has 2 atom stereocenters. The van der Waals surface area contributed by atoms with Crippen LogP contribution in [0.2, 0.25) is 0 Å². The van der Waals surface area contributed by atoms with Crippen LogP contribution < -0.4 is 10.5 Å². The predicted octanol–water partition coefficient (Wildman–Crippen LogP) is 2.59. The second-order valence-electron chi connectivity index (χ2n) is 5.55. The molecule has 0 spiro atoms. The van der Waals surface area contributed by atoms with E-state index >= 15 is 0 Å². The van der Waals surface area contributed by atoms with Gasteiger partial charge in [-0.2, -0.15) is 0 Å². The van der Waals surface area contributed by atoms with Crippen LogP contribution in [0.4, 0.5) is 0 Å². The summed E-state index contributed by atoms with van der Waals surface area (Å²) in [5, 5.41) is 0. The van der Waals surface area contributed by atoms with Crippen LogP contribution in [0.5, 0.6) is 5.75 Å². The zero-order valence-electron chi connectivity index (χ0n) is 13.3. The van der Waals surface area contributed by atoms with E-state index in [0.29, 0.717) is 12.6 Å². The molecular weight excluding hydrogens is 264 g/mol. The van der Waals surface area contributed by atoms with Crippen molar-refractivity contribution in [3.63, 3.8) is 0 Å². The largest absolute Gasteiger partial charge is 0.494 e. The lowest BCUT2D eigenvalue weighted by molar-refractivity contribution is -0.0291. The number of nitrogens with two attached hydrogens (primary N) is 1. The summed E-state index contributed by atoms with van der Waals surface area (Å²) < 4.78 is 11.4. The first kappa shape index (κ1) is 16.3. The van der Waals surface area contributed by atoms with Crippen LogP contribution in [0, 0.1) is 0 Å². The zero-order valence-corrected chi connectivity index (χ0v) is 13.3. The van der Waals surface area contributed by atoms with Gasteiger partial charge >= 0.3 is 0 Å². The van der Waals surface area contributed by atoms with Gasteiger partial charge in [0, 0.05) is 25.2 Å².